The van der Waals surface area contributed by atoms with E-state index in [1.165, 1.54) is 0 Å². The molecule has 0 spiro atoms. The van der Waals surface area contributed by atoms with Crippen LogP contribution in [0.1, 0.15) is 62.6 Å². The Balaban J connectivity index is 0.000000320. The minimum Gasteiger partial charge on any atom is -0.760 e. The average Bonchev–Trinajstić information content (AvgIpc) is 3.52. The summed E-state index contributed by atoms with van der Waals surface area (Å²) in [5.41, 5.74) is 16.9. The molecule has 19 heteroatoms. The predicted octanol–water partition coefficient (Wildman–Crippen LogP) is 2.04. The van der Waals surface area contributed by atoms with Crippen molar-refractivity contribution in [1.82, 2.24) is 38.5 Å². The quantitative estimate of drug-likeness (QED) is 0.0831. The Morgan fingerprint density at radius 2 is 1.11 bits per heavy atom. The van der Waals surface area contributed by atoms with E-state index in [1.54, 1.807) is 0 Å². The molecule has 0 aromatic carbocycles. The van der Waals surface area contributed by atoms with E-state index in [1.807, 2.05) is 39.8 Å². The maximum Gasteiger partial charge on any atom is 2.00 e. The summed E-state index contributed by atoms with van der Waals surface area (Å²) in [5, 5.41) is 0. The molecule has 0 fully saturated rings. The van der Waals surface area contributed by atoms with E-state index in [-0.39, 0.29) is 21.1 Å². The van der Waals surface area contributed by atoms with E-state index < -0.39 is 22.5 Å². The Labute approximate surface area is 294 Å². The molecule has 2 unspecified atom stereocenters. The molecule has 0 saturated carbocycles. The molecule has 0 bridgehead atoms. The monoisotopic (exact) mass is 864 g/mol. The van der Waals surface area contributed by atoms with Crippen LogP contribution in [0.15, 0.2) is 12.1 Å². The van der Waals surface area contributed by atoms with Crippen LogP contribution in [0.3, 0.4) is 0 Å². The van der Waals surface area contributed by atoms with Gasteiger partial charge in [-0.1, -0.05) is 0 Å². The van der Waals surface area contributed by atoms with Gasteiger partial charge >= 0.3 is 21.1 Å². The molecule has 0 aliphatic rings. The number of rotatable bonds is 18. The van der Waals surface area contributed by atoms with Crippen molar-refractivity contribution in [3.8, 4) is 0 Å². The molecule has 260 valence electrons. The number of pyridine rings is 2. The summed E-state index contributed by atoms with van der Waals surface area (Å²) in [4.78, 5) is 17.6. The molecule has 4 heterocycles. The summed E-state index contributed by atoms with van der Waals surface area (Å²) in [6, 6.07) is 3.91. The molecule has 0 radical (unpaired) electrons. The van der Waals surface area contributed by atoms with Crippen LogP contribution in [-0.4, -0.2) is 72.9 Å². The fourth-order valence-corrected chi connectivity index (χ4v) is 5.47. The molecule has 0 saturated heterocycles. The van der Waals surface area contributed by atoms with Gasteiger partial charge in [0.15, 0.2) is 11.6 Å². The second-order valence-corrected chi connectivity index (χ2v) is 11.9. The van der Waals surface area contributed by atoms with Crippen LogP contribution >= 0.6 is 0 Å². The molecule has 4 rings (SSSR count). The summed E-state index contributed by atoms with van der Waals surface area (Å²) in [6.07, 6.45) is 3.11. The van der Waals surface area contributed by atoms with Gasteiger partial charge in [-0.2, -0.15) is 0 Å². The van der Waals surface area contributed by atoms with Gasteiger partial charge in [-0.15, -0.1) is 0 Å². The molecule has 4 aromatic rings. The summed E-state index contributed by atoms with van der Waals surface area (Å²) >= 11 is -4.41. The van der Waals surface area contributed by atoms with Gasteiger partial charge in [0.1, 0.15) is 35.9 Å². The van der Waals surface area contributed by atoms with Gasteiger partial charge in [-0.05, 0) is 65.5 Å². The van der Waals surface area contributed by atoms with Crippen molar-refractivity contribution >= 4 is 56.2 Å². The molecule has 47 heavy (non-hydrogen) atoms. The summed E-state index contributed by atoms with van der Waals surface area (Å²) in [7, 11) is 0. The minimum atomic E-state index is -2.21. The van der Waals surface area contributed by atoms with Crippen LogP contribution in [0.2, 0.25) is 0 Å². The topological polar surface area (TPSA) is 236 Å². The van der Waals surface area contributed by atoms with Crippen molar-refractivity contribution in [2.75, 3.05) is 37.8 Å². The molecule has 4 aromatic heterocycles. The van der Waals surface area contributed by atoms with Crippen molar-refractivity contribution in [2.24, 2.45) is 0 Å². The van der Waals surface area contributed by atoms with Gasteiger partial charge < -0.3 is 39.2 Å². The number of hydrogen-bond donors (Lipinski definition) is 4. The van der Waals surface area contributed by atoms with Gasteiger partial charge in [-0.3, -0.25) is 8.42 Å². The number of nitrogens with zero attached hydrogens (tertiary/aromatic N) is 6. The van der Waals surface area contributed by atoms with Crippen molar-refractivity contribution < 1.29 is 48.1 Å². The predicted molar refractivity (Wildman–Crippen MR) is 176 cm³/mol. The molecule has 0 aliphatic heterocycles. The van der Waals surface area contributed by atoms with E-state index in [0.29, 0.717) is 62.2 Å². The largest absolute Gasteiger partial charge is 2.00 e. The van der Waals surface area contributed by atoms with E-state index in [4.69, 9.17) is 20.9 Å². The van der Waals surface area contributed by atoms with Crippen molar-refractivity contribution in [3.63, 3.8) is 0 Å². The first-order chi connectivity index (χ1) is 22.0. The number of nitrogens with one attached hydrogen (secondary N) is 2. The van der Waals surface area contributed by atoms with Crippen LogP contribution in [0.25, 0.3) is 22.1 Å². The third-order valence-corrected chi connectivity index (χ3v) is 7.75. The van der Waals surface area contributed by atoms with Gasteiger partial charge in [0.2, 0.25) is 0 Å². The first-order valence-electron chi connectivity index (χ1n) is 15.1. The molecule has 2 atom stereocenters. The van der Waals surface area contributed by atoms with E-state index in [9.17, 15) is 17.5 Å². The van der Waals surface area contributed by atoms with Gasteiger partial charge in [0, 0.05) is 73.3 Å². The average molecular weight is 865 g/mol. The Morgan fingerprint density at radius 1 is 0.723 bits per heavy atom. The normalized spacial score (nSPS) is 12.6. The van der Waals surface area contributed by atoms with Crippen molar-refractivity contribution in [2.45, 2.75) is 79.7 Å². The van der Waals surface area contributed by atoms with Crippen LogP contribution in [0, 0.1) is 13.8 Å². The molecular formula is C28H44N10O6S2W. The summed E-state index contributed by atoms with van der Waals surface area (Å²) < 4.78 is 61.6. The van der Waals surface area contributed by atoms with Crippen molar-refractivity contribution in [1.29, 1.82) is 0 Å². The van der Waals surface area contributed by atoms with Gasteiger partial charge in [0.25, 0.3) is 0 Å². The fraction of sp³-hybridized carbons (Fsp3) is 0.571. The standard InChI is InChI=1S/2C14H23N5O3S.W/c2*1-3-22-9-12-18-13-11(8-10(2)17-14(13)15)19(12)7-5-4-6-16-23(20)21;/h2*8,16H,3-7,9H2,1-2H3,(H2,15,17)(H,20,21);/q;;+2/p-2. The maximum absolute atomic E-state index is 10.4. The third-order valence-electron chi connectivity index (χ3n) is 6.87. The number of aryl methyl sites for hydroxylation is 4. The van der Waals surface area contributed by atoms with Crippen LogP contribution in [0.5, 0.6) is 0 Å². The number of hydrogen-bond acceptors (Lipinski definition) is 12. The first-order valence-corrected chi connectivity index (χ1v) is 17.3. The molecular weight excluding hydrogens is 820 g/mol. The molecule has 6 N–H and O–H groups in total. The Hall–Kier alpha value is -2.41. The number of nitrogen functional groups attached to an aromatic ring is 2. The SMILES string of the molecule is CCOCc1nc2c(N)nc(C)cc2n1CCCCNS(=O)[O-].CCOCc1nc2c(N)nc(C)cc2n1CCCCNS(=O)[O-].[W+2]. The minimum absolute atomic E-state index is 0. The Bertz CT molecular complexity index is 1500. The van der Waals surface area contributed by atoms with E-state index in [0.717, 1.165) is 72.8 Å². The summed E-state index contributed by atoms with van der Waals surface area (Å²) in [6.45, 7) is 12.0. The fourth-order valence-electron chi connectivity index (χ4n) is 4.85. The van der Waals surface area contributed by atoms with Crippen molar-refractivity contribution in [3.05, 3.63) is 35.2 Å². The number of nitrogens with two attached hydrogens (primary N) is 2. The molecule has 0 aliphatic carbocycles. The number of ether oxygens (including phenoxy) is 2. The van der Waals surface area contributed by atoms with Crippen LogP contribution in [0.4, 0.5) is 11.6 Å². The first kappa shape index (κ1) is 40.8. The number of unbranched alkanes of at least 4 members (excludes halogenated alkanes) is 2. The number of fused-ring (bicyclic) bond motifs is 2. The number of imidazole rings is 2. The van der Waals surface area contributed by atoms with E-state index in [2.05, 4.69) is 38.5 Å². The zero-order valence-electron chi connectivity index (χ0n) is 27.2. The maximum atomic E-state index is 10.4. The van der Waals surface area contributed by atoms with Crippen LogP contribution < -0.4 is 20.9 Å². The smallest absolute Gasteiger partial charge is 0.760 e. The second-order valence-electron chi connectivity index (χ2n) is 10.3. The zero-order chi connectivity index (χ0) is 33.6. The van der Waals surface area contributed by atoms with Gasteiger partial charge in [-0.25, -0.2) is 29.4 Å². The van der Waals surface area contributed by atoms with Gasteiger partial charge in [0.05, 0.1) is 11.0 Å². The Kier molecular flexibility index (Phi) is 18.1. The number of aromatic nitrogens is 6. The Morgan fingerprint density at radius 3 is 1.45 bits per heavy atom. The number of anilines is 2. The molecule has 16 nitrogen and oxygen atoms in total. The van der Waals surface area contributed by atoms with Crippen LogP contribution in [-0.2, 0) is 79.4 Å². The third kappa shape index (κ3) is 12.5. The zero-order valence-corrected chi connectivity index (χ0v) is 31.7. The van der Waals surface area contributed by atoms with E-state index >= 15 is 0 Å². The molecule has 0 amide bonds. The summed E-state index contributed by atoms with van der Waals surface area (Å²) in [5.74, 6) is 2.45. The second kappa shape index (κ2) is 20.8.